The number of aromatic nitrogens is 1. The molecule has 0 bridgehead atoms. The third-order valence-electron chi connectivity index (χ3n) is 6.28. The van der Waals surface area contributed by atoms with Crippen LogP contribution in [-0.4, -0.2) is 37.1 Å². The third kappa shape index (κ3) is 4.33. The van der Waals surface area contributed by atoms with Gasteiger partial charge in [-0.05, 0) is 48.2 Å². The molecule has 1 amide bonds. The first-order valence-electron chi connectivity index (χ1n) is 10.6. The average molecular weight is 471 g/mol. The van der Waals surface area contributed by atoms with E-state index < -0.39 is 5.41 Å². The lowest BCUT2D eigenvalue weighted by Crippen LogP contribution is -2.43. The van der Waals surface area contributed by atoms with Crippen molar-refractivity contribution in [1.82, 2.24) is 10.3 Å². The normalized spacial score (nSPS) is 19.4. The van der Waals surface area contributed by atoms with Gasteiger partial charge >= 0.3 is 0 Å². The molecule has 32 heavy (non-hydrogen) atoms. The fourth-order valence-electron chi connectivity index (χ4n) is 4.68. The molecule has 1 aromatic heterocycles. The lowest BCUT2D eigenvalue weighted by atomic mass is 9.76. The fraction of sp³-hybridized carbons (Fsp3) is 0.280. The molecule has 7 heteroatoms. The number of anilines is 2. The standard InChI is InChI=1S/C25H26N4O.2ClH/c1-25(17-18-6-3-2-4-7-18)22-21(10-11-27-23(22)28-24(25)30)19-8-5-9-20(16-19)29-14-12-26-13-15-29;;/h2-11,16,26H,12-15,17H2,1H3,(H,27,28,30);2*1H. The minimum absolute atomic E-state index is 0. The zero-order valence-corrected chi connectivity index (χ0v) is 19.6. The van der Waals surface area contributed by atoms with E-state index in [0.29, 0.717) is 12.2 Å². The van der Waals surface area contributed by atoms with Gasteiger partial charge in [0.25, 0.3) is 0 Å². The molecule has 2 N–H and O–H groups in total. The molecule has 2 aliphatic rings. The minimum atomic E-state index is -0.661. The Labute approximate surface area is 201 Å². The van der Waals surface area contributed by atoms with Gasteiger partial charge in [-0.15, -0.1) is 24.8 Å². The maximum Gasteiger partial charge on any atom is 0.236 e. The molecule has 1 atom stereocenters. The second-order valence-electron chi connectivity index (χ2n) is 8.32. The summed E-state index contributed by atoms with van der Waals surface area (Å²) in [7, 11) is 0. The minimum Gasteiger partial charge on any atom is -0.369 e. The maximum absolute atomic E-state index is 13.1. The molecule has 0 aliphatic carbocycles. The molecule has 3 heterocycles. The van der Waals surface area contributed by atoms with Crippen LogP contribution in [0.5, 0.6) is 0 Å². The zero-order valence-electron chi connectivity index (χ0n) is 18.0. The van der Waals surface area contributed by atoms with E-state index in [1.165, 1.54) is 5.69 Å². The molecule has 0 saturated carbocycles. The Balaban J connectivity index is 0.00000144. The zero-order chi connectivity index (χ0) is 20.6. The van der Waals surface area contributed by atoms with Gasteiger partial charge in [-0.2, -0.15) is 0 Å². The Kier molecular flexibility index (Phi) is 7.44. The summed E-state index contributed by atoms with van der Waals surface area (Å²) in [5, 5.41) is 6.44. The highest BCUT2D eigenvalue weighted by molar-refractivity contribution is 6.07. The fourth-order valence-corrected chi connectivity index (χ4v) is 4.68. The summed E-state index contributed by atoms with van der Waals surface area (Å²) in [5.41, 5.74) is 4.91. The van der Waals surface area contributed by atoms with E-state index in [1.807, 2.05) is 31.2 Å². The van der Waals surface area contributed by atoms with Crippen molar-refractivity contribution in [3.8, 4) is 11.1 Å². The van der Waals surface area contributed by atoms with Crippen LogP contribution in [0, 0.1) is 0 Å². The Bertz CT molecular complexity index is 1090. The van der Waals surface area contributed by atoms with Crippen molar-refractivity contribution < 1.29 is 4.79 Å². The molecule has 5 rings (SSSR count). The number of hydrogen-bond acceptors (Lipinski definition) is 4. The third-order valence-corrected chi connectivity index (χ3v) is 6.28. The molecular formula is C25H28Cl2N4O. The Morgan fingerprint density at radius 2 is 1.75 bits per heavy atom. The van der Waals surface area contributed by atoms with Gasteiger partial charge in [0.15, 0.2) is 0 Å². The number of amides is 1. The second kappa shape index (κ2) is 9.90. The van der Waals surface area contributed by atoms with Crippen LogP contribution in [-0.2, 0) is 16.6 Å². The number of nitrogens with one attached hydrogen (secondary N) is 2. The first-order valence-corrected chi connectivity index (χ1v) is 10.6. The van der Waals surface area contributed by atoms with Gasteiger partial charge in [0.2, 0.25) is 5.91 Å². The number of hydrogen-bond donors (Lipinski definition) is 2. The van der Waals surface area contributed by atoms with Crippen LogP contribution in [0.4, 0.5) is 11.5 Å². The van der Waals surface area contributed by atoms with Crippen LogP contribution in [0.1, 0.15) is 18.1 Å². The van der Waals surface area contributed by atoms with E-state index in [1.54, 1.807) is 6.20 Å². The van der Waals surface area contributed by atoms with Crippen molar-refractivity contribution in [2.45, 2.75) is 18.8 Å². The summed E-state index contributed by atoms with van der Waals surface area (Å²) in [6, 6.07) is 20.9. The van der Waals surface area contributed by atoms with Gasteiger partial charge < -0.3 is 15.5 Å². The number of halogens is 2. The Hall–Kier alpha value is -2.60. The van der Waals surface area contributed by atoms with Gasteiger partial charge in [0.1, 0.15) is 5.82 Å². The number of benzene rings is 2. The van der Waals surface area contributed by atoms with Crippen molar-refractivity contribution in [2.24, 2.45) is 0 Å². The summed E-state index contributed by atoms with van der Waals surface area (Å²) in [6.45, 7) is 6.05. The number of fused-ring (bicyclic) bond motifs is 1. The lowest BCUT2D eigenvalue weighted by molar-refractivity contribution is -0.120. The number of carbonyl (C=O) groups excluding carboxylic acids is 1. The largest absolute Gasteiger partial charge is 0.369 e. The van der Waals surface area contributed by atoms with Crippen molar-refractivity contribution >= 4 is 42.2 Å². The number of piperazine rings is 1. The van der Waals surface area contributed by atoms with E-state index in [2.05, 4.69) is 56.9 Å². The summed E-state index contributed by atoms with van der Waals surface area (Å²) in [5.74, 6) is 0.697. The quantitative estimate of drug-likeness (QED) is 0.590. The summed E-state index contributed by atoms with van der Waals surface area (Å²) in [6.07, 6.45) is 2.43. The molecule has 2 aliphatic heterocycles. The molecule has 3 aromatic rings. The topological polar surface area (TPSA) is 57.3 Å². The summed E-state index contributed by atoms with van der Waals surface area (Å²) < 4.78 is 0. The number of nitrogens with zero attached hydrogens (tertiary/aromatic N) is 2. The number of pyridine rings is 1. The number of carbonyl (C=O) groups is 1. The second-order valence-corrected chi connectivity index (χ2v) is 8.32. The summed E-state index contributed by atoms with van der Waals surface area (Å²) in [4.78, 5) is 20.0. The molecule has 2 aromatic carbocycles. The van der Waals surface area contributed by atoms with Crippen LogP contribution in [0.15, 0.2) is 66.9 Å². The lowest BCUT2D eigenvalue weighted by Gasteiger charge is -2.30. The van der Waals surface area contributed by atoms with Crippen LogP contribution in [0.25, 0.3) is 11.1 Å². The van der Waals surface area contributed by atoms with Crippen LogP contribution >= 0.6 is 24.8 Å². The van der Waals surface area contributed by atoms with Gasteiger partial charge in [-0.25, -0.2) is 4.98 Å². The van der Waals surface area contributed by atoms with Crippen LogP contribution in [0.3, 0.4) is 0 Å². The highest BCUT2D eigenvalue weighted by atomic mass is 35.5. The molecule has 1 unspecified atom stereocenters. The molecule has 0 spiro atoms. The Morgan fingerprint density at radius 3 is 2.50 bits per heavy atom. The first-order chi connectivity index (χ1) is 14.6. The maximum atomic E-state index is 13.1. The SMILES string of the molecule is CC1(Cc2ccccc2)C(=O)Nc2nccc(-c3cccc(N4CCNCC4)c3)c21.Cl.Cl. The molecule has 1 saturated heterocycles. The smallest absolute Gasteiger partial charge is 0.236 e. The highest BCUT2D eigenvalue weighted by Gasteiger charge is 2.45. The van der Waals surface area contributed by atoms with Crippen molar-refractivity contribution in [2.75, 3.05) is 36.4 Å². The van der Waals surface area contributed by atoms with Gasteiger partial charge in [-0.1, -0.05) is 42.5 Å². The van der Waals surface area contributed by atoms with E-state index in [9.17, 15) is 4.79 Å². The van der Waals surface area contributed by atoms with Crippen molar-refractivity contribution in [3.05, 3.63) is 78.0 Å². The van der Waals surface area contributed by atoms with Crippen molar-refractivity contribution in [3.63, 3.8) is 0 Å². The van der Waals surface area contributed by atoms with E-state index >= 15 is 0 Å². The molecule has 5 nitrogen and oxygen atoms in total. The molecule has 168 valence electrons. The van der Waals surface area contributed by atoms with Gasteiger partial charge in [0, 0.05) is 43.6 Å². The predicted octanol–water partition coefficient (Wildman–Crippen LogP) is 4.45. The van der Waals surface area contributed by atoms with E-state index in [0.717, 1.165) is 48.4 Å². The number of rotatable bonds is 4. The molecule has 1 fully saturated rings. The summed E-state index contributed by atoms with van der Waals surface area (Å²) >= 11 is 0. The molecular weight excluding hydrogens is 443 g/mol. The monoisotopic (exact) mass is 470 g/mol. The van der Waals surface area contributed by atoms with E-state index in [-0.39, 0.29) is 30.7 Å². The highest BCUT2D eigenvalue weighted by Crippen LogP contribution is 2.44. The first kappa shape index (κ1) is 24.1. The Morgan fingerprint density at radius 1 is 1.00 bits per heavy atom. The van der Waals surface area contributed by atoms with Gasteiger partial charge in [-0.3, -0.25) is 4.79 Å². The van der Waals surface area contributed by atoms with Crippen LogP contribution < -0.4 is 15.5 Å². The molecule has 0 radical (unpaired) electrons. The van der Waals surface area contributed by atoms with Gasteiger partial charge in [0.05, 0.1) is 5.41 Å². The average Bonchev–Trinajstić information content (AvgIpc) is 3.05. The predicted molar refractivity (Wildman–Crippen MR) is 135 cm³/mol. The van der Waals surface area contributed by atoms with Crippen molar-refractivity contribution in [1.29, 1.82) is 0 Å². The van der Waals surface area contributed by atoms with E-state index in [4.69, 9.17) is 0 Å². The van der Waals surface area contributed by atoms with Crippen LogP contribution in [0.2, 0.25) is 0 Å².